The Morgan fingerprint density at radius 2 is 2.19 bits per heavy atom. The molecule has 2 atom stereocenters. The van der Waals surface area contributed by atoms with E-state index >= 15 is 0 Å². The fraction of sp³-hybridized carbons (Fsp3) is 0.917. The topological polar surface area (TPSA) is 75.4 Å². The third-order valence-corrected chi connectivity index (χ3v) is 2.89. The summed E-state index contributed by atoms with van der Waals surface area (Å²) in [6, 6.07) is 0. The van der Waals surface area contributed by atoms with Gasteiger partial charge in [0.2, 0.25) is 5.91 Å². The second-order valence-corrected chi connectivity index (χ2v) is 4.49. The largest absolute Gasteiger partial charge is 0.396 e. The van der Waals surface area contributed by atoms with Crippen LogP contribution in [0.3, 0.4) is 0 Å². The first kappa shape index (κ1) is 15.4. The molecule has 96 valence electrons. The van der Waals surface area contributed by atoms with Crippen molar-refractivity contribution in [3.8, 4) is 0 Å². The summed E-state index contributed by atoms with van der Waals surface area (Å²) in [6.07, 6.45) is 3.35. The van der Waals surface area contributed by atoms with Crippen molar-refractivity contribution >= 4 is 5.91 Å². The summed E-state index contributed by atoms with van der Waals surface area (Å²) >= 11 is 0. The number of carbonyl (C=O) groups excluding carboxylic acids is 1. The summed E-state index contributed by atoms with van der Waals surface area (Å²) in [5.74, 6) is 0.717. The number of hydrogen-bond donors (Lipinski definition) is 3. The molecule has 0 aliphatic carbocycles. The molecule has 4 nitrogen and oxygen atoms in total. The van der Waals surface area contributed by atoms with Gasteiger partial charge in [0.25, 0.3) is 0 Å². The SMILES string of the molecule is CCC(CN)CC(=O)NCCCC(C)CO. The van der Waals surface area contributed by atoms with Crippen molar-refractivity contribution in [2.45, 2.75) is 39.5 Å². The van der Waals surface area contributed by atoms with E-state index in [9.17, 15) is 4.79 Å². The summed E-state index contributed by atoms with van der Waals surface area (Å²) in [5.41, 5.74) is 5.54. The highest BCUT2D eigenvalue weighted by atomic mass is 16.3. The molecule has 0 aromatic heterocycles. The van der Waals surface area contributed by atoms with Gasteiger partial charge in [0.15, 0.2) is 0 Å². The minimum Gasteiger partial charge on any atom is -0.396 e. The van der Waals surface area contributed by atoms with Crippen LogP contribution in [0.1, 0.15) is 39.5 Å². The van der Waals surface area contributed by atoms with Gasteiger partial charge in [0.1, 0.15) is 0 Å². The average Bonchev–Trinajstić information content (AvgIpc) is 2.31. The first-order valence-corrected chi connectivity index (χ1v) is 6.21. The van der Waals surface area contributed by atoms with Crippen LogP contribution in [0.5, 0.6) is 0 Å². The third kappa shape index (κ3) is 7.65. The molecule has 0 saturated heterocycles. The van der Waals surface area contributed by atoms with Gasteiger partial charge in [-0.05, 0) is 31.2 Å². The van der Waals surface area contributed by atoms with Gasteiger partial charge < -0.3 is 16.2 Å². The fourth-order valence-corrected chi connectivity index (χ4v) is 1.50. The highest BCUT2D eigenvalue weighted by Gasteiger charge is 2.09. The van der Waals surface area contributed by atoms with E-state index in [0.29, 0.717) is 31.3 Å². The van der Waals surface area contributed by atoms with Crippen molar-refractivity contribution < 1.29 is 9.90 Å². The molecule has 0 aromatic rings. The first-order valence-electron chi connectivity index (χ1n) is 6.21. The molecule has 0 heterocycles. The van der Waals surface area contributed by atoms with Gasteiger partial charge >= 0.3 is 0 Å². The Labute approximate surface area is 98.6 Å². The zero-order valence-corrected chi connectivity index (χ0v) is 10.5. The number of rotatable bonds is 9. The van der Waals surface area contributed by atoms with Crippen molar-refractivity contribution in [3.05, 3.63) is 0 Å². The Bertz CT molecular complexity index is 182. The summed E-state index contributed by atoms with van der Waals surface area (Å²) in [4.78, 5) is 11.5. The zero-order valence-electron chi connectivity index (χ0n) is 10.5. The number of nitrogens with one attached hydrogen (secondary N) is 1. The summed E-state index contributed by atoms with van der Waals surface area (Å²) in [7, 11) is 0. The van der Waals surface area contributed by atoms with Gasteiger partial charge in [0, 0.05) is 19.6 Å². The van der Waals surface area contributed by atoms with Crippen molar-refractivity contribution in [1.82, 2.24) is 5.32 Å². The molecule has 0 aliphatic heterocycles. The van der Waals surface area contributed by atoms with Crippen LogP contribution >= 0.6 is 0 Å². The van der Waals surface area contributed by atoms with Crippen LogP contribution in [0.2, 0.25) is 0 Å². The minimum absolute atomic E-state index is 0.0916. The lowest BCUT2D eigenvalue weighted by molar-refractivity contribution is -0.122. The van der Waals surface area contributed by atoms with Gasteiger partial charge in [-0.25, -0.2) is 0 Å². The molecule has 0 spiro atoms. The van der Waals surface area contributed by atoms with Crippen LogP contribution in [-0.2, 0) is 4.79 Å². The highest BCUT2D eigenvalue weighted by Crippen LogP contribution is 2.06. The smallest absolute Gasteiger partial charge is 0.220 e. The lowest BCUT2D eigenvalue weighted by atomic mass is 10.0. The number of aliphatic hydroxyl groups is 1. The average molecular weight is 230 g/mol. The summed E-state index contributed by atoms with van der Waals surface area (Å²) < 4.78 is 0. The van der Waals surface area contributed by atoms with E-state index in [1.165, 1.54) is 0 Å². The number of nitrogens with two attached hydrogens (primary N) is 1. The maximum Gasteiger partial charge on any atom is 0.220 e. The van der Waals surface area contributed by atoms with Gasteiger partial charge in [-0.3, -0.25) is 4.79 Å². The van der Waals surface area contributed by atoms with Crippen LogP contribution in [-0.4, -0.2) is 30.7 Å². The van der Waals surface area contributed by atoms with Crippen molar-refractivity contribution in [1.29, 1.82) is 0 Å². The molecule has 1 amide bonds. The predicted molar refractivity (Wildman–Crippen MR) is 65.9 cm³/mol. The van der Waals surface area contributed by atoms with E-state index in [-0.39, 0.29) is 12.5 Å². The number of aliphatic hydroxyl groups excluding tert-OH is 1. The molecule has 0 radical (unpaired) electrons. The van der Waals surface area contributed by atoms with Gasteiger partial charge in [0.05, 0.1) is 0 Å². The molecule has 0 bridgehead atoms. The first-order chi connectivity index (χ1) is 7.63. The molecule has 0 aliphatic rings. The van der Waals surface area contributed by atoms with Crippen LogP contribution in [0.15, 0.2) is 0 Å². The summed E-state index contributed by atoms with van der Waals surface area (Å²) in [5, 5.41) is 11.7. The van der Waals surface area contributed by atoms with Crippen molar-refractivity contribution in [2.75, 3.05) is 19.7 Å². The molecule has 4 heteroatoms. The van der Waals surface area contributed by atoms with Gasteiger partial charge in [-0.2, -0.15) is 0 Å². The second-order valence-electron chi connectivity index (χ2n) is 4.49. The molecular weight excluding hydrogens is 204 g/mol. The Kier molecular flexibility index (Phi) is 9.24. The molecule has 0 rings (SSSR count). The van der Waals surface area contributed by atoms with Crippen LogP contribution in [0.4, 0.5) is 0 Å². The predicted octanol–water partition coefficient (Wildman–Crippen LogP) is 0.886. The van der Waals surface area contributed by atoms with Crippen LogP contribution in [0.25, 0.3) is 0 Å². The standard InChI is InChI=1S/C12H26N2O2/c1-3-11(8-13)7-12(16)14-6-4-5-10(2)9-15/h10-11,15H,3-9,13H2,1-2H3,(H,14,16). The molecular formula is C12H26N2O2. The molecule has 4 N–H and O–H groups in total. The molecule has 0 aromatic carbocycles. The van der Waals surface area contributed by atoms with Crippen molar-refractivity contribution in [3.63, 3.8) is 0 Å². The second kappa shape index (κ2) is 9.60. The number of hydrogen-bond acceptors (Lipinski definition) is 3. The van der Waals surface area contributed by atoms with E-state index in [4.69, 9.17) is 10.8 Å². The number of amides is 1. The molecule has 0 saturated carbocycles. The van der Waals surface area contributed by atoms with E-state index in [2.05, 4.69) is 5.32 Å². The Morgan fingerprint density at radius 1 is 1.50 bits per heavy atom. The maximum atomic E-state index is 11.5. The summed E-state index contributed by atoms with van der Waals surface area (Å²) in [6.45, 7) is 5.55. The quantitative estimate of drug-likeness (QED) is 0.515. The molecule has 2 unspecified atom stereocenters. The molecule has 0 fully saturated rings. The monoisotopic (exact) mass is 230 g/mol. The lowest BCUT2D eigenvalue weighted by Crippen LogP contribution is -2.29. The Balaban J connectivity index is 3.50. The fourth-order valence-electron chi connectivity index (χ4n) is 1.50. The van der Waals surface area contributed by atoms with Gasteiger partial charge in [-0.15, -0.1) is 0 Å². The van der Waals surface area contributed by atoms with E-state index < -0.39 is 0 Å². The van der Waals surface area contributed by atoms with Crippen molar-refractivity contribution in [2.24, 2.45) is 17.6 Å². The van der Waals surface area contributed by atoms with Gasteiger partial charge in [-0.1, -0.05) is 20.3 Å². The maximum absolute atomic E-state index is 11.5. The van der Waals surface area contributed by atoms with Crippen LogP contribution in [0, 0.1) is 11.8 Å². The Hall–Kier alpha value is -0.610. The third-order valence-electron chi connectivity index (χ3n) is 2.89. The van der Waals surface area contributed by atoms with E-state index in [1.54, 1.807) is 0 Å². The minimum atomic E-state index is 0.0916. The lowest BCUT2D eigenvalue weighted by Gasteiger charge is -2.12. The van der Waals surface area contributed by atoms with Crippen LogP contribution < -0.4 is 11.1 Å². The van der Waals surface area contributed by atoms with E-state index in [1.807, 2.05) is 13.8 Å². The van der Waals surface area contributed by atoms with E-state index in [0.717, 1.165) is 19.3 Å². The molecule has 16 heavy (non-hydrogen) atoms. The Morgan fingerprint density at radius 3 is 2.69 bits per heavy atom. The highest BCUT2D eigenvalue weighted by molar-refractivity contribution is 5.76. The number of carbonyl (C=O) groups is 1. The zero-order chi connectivity index (χ0) is 12.4. The normalized spacial score (nSPS) is 14.5.